The number of fused-ring (bicyclic) bond motifs is 2. The average Bonchev–Trinajstić information content (AvgIpc) is 2.88. The second kappa shape index (κ2) is 12.4. The molecule has 0 aliphatic rings. The van der Waals surface area contributed by atoms with Crippen molar-refractivity contribution >= 4 is 33.2 Å². The van der Waals surface area contributed by atoms with Crippen molar-refractivity contribution in [3.05, 3.63) is 59.9 Å². The van der Waals surface area contributed by atoms with E-state index in [4.69, 9.17) is 9.47 Å². The molecule has 2 aromatic carbocycles. The first-order valence-corrected chi connectivity index (χ1v) is 12.7. The summed E-state index contributed by atoms with van der Waals surface area (Å²) in [5, 5.41) is 12.9. The van der Waals surface area contributed by atoms with Crippen LogP contribution in [0.5, 0.6) is 11.5 Å². The highest BCUT2D eigenvalue weighted by Crippen LogP contribution is 2.28. The number of rotatable bonds is 13. The zero-order valence-corrected chi connectivity index (χ0v) is 21.8. The van der Waals surface area contributed by atoms with Crippen LogP contribution in [0, 0.1) is 13.8 Å². The highest BCUT2D eigenvalue weighted by Gasteiger charge is 2.07. The number of nitrogens with zero attached hydrogens (tertiary/aromatic N) is 2. The molecule has 2 heterocycles. The number of pyridine rings is 2. The molecule has 0 radical (unpaired) electrons. The summed E-state index contributed by atoms with van der Waals surface area (Å²) in [5.74, 6) is 1.70. The quantitative estimate of drug-likeness (QED) is 0.209. The van der Waals surface area contributed by atoms with Crippen LogP contribution in [0.15, 0.2) is 48.5 Å². The molecule has 0 amide bonds. The highest BCUT2D eigenvalue weighted by atomic mass is 16.5. The lowest BCUT2D eigenvalue weighted by Gasteiger charge is -2.13. The van der Waals surface area contributed by atoms with Crippen LogP contribution in [0.4, 0.5) is 11.4 Å². The third-order valence-electron chi connectivity index (χ3n) is 6.23. The van der Waals surface area contributed by atoms with Gasteiger partial charge in [0.15, 0.2) is 0 Å². The number of hydrogen-bond donors (Lipinski definition) is 3. The molecular weight excluding hydrogens is 450 g/mol. The molecule has 0 saturated carbocycles. The smallest absolute Gasteiger partial charge is 0.119 e. The average molecular weight is 488 g/mol. The zero-order chi connectivity index (χ0) is 25.3. The summed E-state index contributed by atoms with van der Waals surface area (Å²) in [4.78, 5) is 9.26. The lowest BCUT2D eigenvalue weighted by molar-refractivity contribution is 0.415. The predicted molar refractivity (Wildman–Crippen MR) is 150 cm³/mol. The van der Waals surface area contributed by atoms with E-state index in [2.05, 4.69) is 38.1 Å². The molecule has 2 aromatic heterocycles. The third kappa shape index (κ3) is 6.55. The van der Waals surface area contributed by atoms with Gasteiger partial charge in [-0.05, 0) is 94.7 Å². The number of aryl methyl sites for hydroxylation is 2. The predicted octanol–water partition coefficient (Wildman–Crippen LogP) is 5.70. The molecule has 0 aliphatic carbocycles. The maximum absolute atomic E-state index is 5.39. The second-order valence-electron chi connectivity index (χ2n) is 9.05. The Kier molecular flexibility index (Phi) is 8.79. The van der Waals surface area contributed by atoms with Gasteiger partial charge < -0.3 is 25.4 Å². The molecular formula is C29H37N5O2. The van der Waals surface area contributed by atoms with E-state index in [1.54, 1.807) is 14.2 Å². The number of anilines is 2. The van der Waals surface area contributed by atoms with Gasteiger partial charge in [-0.25, -0.2) is 0 Å². The van der Waals surface area contributed by atoms with Crippen LogP contribution in [-0.2, 0) is 0 Å². The van der Waals surface area contributed by atoms with Crippen LogP contribution >= 0.6 is 0 Å². The van der Waals surface area contributed by atoms with Gasteiger partial charge in [-0.15, -0.1) is 0 Å². The summed E-state index contributed by atoms with van der Waals surface area (Å²) in [6.07, 6.45) is 3.27. The Morgan fingerprint density at radius 3 is 1.61 bits per heavy atom. The van der Waals surface area contributed by atoms with Gasteiger partial charge in [0.25, 0.3) is 0 Å². The van der Waals surface area contributed by atoms with Crippen LogP contribution in [0.3, 0.4) is 0 Å². The lowest BCUT2D eigenvalue weighted by atomic mass is 10.1. The Morgan fingerprint density at radius 1 is 0.611 bits per heavy atom. The van der Waals surface area contributed by atoms with Crippen molar-refractivity contribution < 1.29 is 9.47 Å². The van der Waals surface area contributed by atoms with Crippen LogP contribution in [0.1, 0.15) is 30.7 Å². The van der Waals surface area contributed by atoms with Crippen LogP contribution < -0.4 is 25.4 Å². The van der Waals surface area contributed by atoms with Crippen molar-refractivity contribution in [2.24, 2.45) is 0 Å². The molecule has 0 atom stereocenters. The molecule has 0 spiro atoms. The molecule has 36 heavy (non-hydrogen) atoms. The molecule has 0 saturated heterocycles. The summed E-state index contributed by atoms with van der Waals surface area (Å²) < 4.78 is 10.8. The number of unbranched alkanes of at least 4 members (excludes halogenated alkanes) is 1. The molecule has 4 rings (SSSR count). The third-order valence-corrected chi connectivity index (χ3v) is 6.23. The van der Waals surface area contributed by atoms with Gasteiger partial charge in [-0.1, -0.05) is 0 Å². The van der Waals surface area contributed by atoms with Crippen molar-refractivity contribution in [2.45, 2.75) is 33.1 Å². The first-order chi connectivity index (χ1) is 17.6. The monoisotopic (exact) mass is 487 g/mol. The van der Waals surface area contributed by atoms with E-state index in [1.807, 2.05) is 50.2 Å². The van der Waals surface area contributed by atoms with Crippen molar-refractivity contribution in [2.75, 3.05) is 51.0 Å². The number of methoxy groups -OCH3 is 2. The van der Waals surface area contributed by atoms with E-state index >= 15 is 0 Å². The Labute approximate surface area is 213 Å². The van der Waals surface area contributed by atoms with E-state index in [1.165, 1.54) is 0 Å². The fourth-order valence-corrected chi connectivity index (χ4v) is 4.38. The fraction of sp³-hybridized carbons (Fsp3) is 0.379. The van der Waals surface area contributed by atoms with Gasteiger partial charge >= 0.3 is 0 Å². The number of aromatic nitrogens is 2. The number of ether oxygens (including phenoxy) is 2. The van der Waals surface area contributed by atoms with E-state index in [0.29, 0.717) is 0 Å². The van der Waals surface area contributed by atoms with Crippen LogP contribution in [-0.4, -0.2) is 50.4 Å². The maximum Gasteiger partial charge on any atom is 0.119 e. The first kappa shape index (κ1) is 25.5. The maximum atomic E-state index is 5.39. The summed E-state index contributed by atoms with van der Waals surface area (Å²) in [5.41, 5.74) is 6.23. The van der Waals surface area contributed by atoms with Crippen molar-refractivity contribution in [3.63, 3.8) is 0 Å². The minimum absolute atomic E-state index is 0.847. The number of hydrogen-bond acceptors (Lipinski definition) is 7. The van der Waals surface area contributed by atoms with Crippen molar-refractivity contribution in [3.8, 4) is 11.5 Å². The van der Waals surface area contributed by atoms with Crippen molar-refractivity contribution in [1.82, 2.24) is 15.3 Å². The van der Waals surface area contributed by atoms with E-state index in [9.17, 15) is 0 Å². The largest absolute Gasteiger partial charge is 0.497 e. The topological polar surface area (TPSA) is 80.3 Å². The summed E-state index contributed by atoms with van der Waals surface area (Å²) in [7, 11) is 3.38. The van der Waals surface area contributed by atoms with E-state index < -0.39 is 0 Å². The Bertz CT molecular complexity index is 1210. The summed E-state index contributed by atoms with van der Waals surface area (Å²) in [6, 6.07) is 16.2. The Hall–Kier alpha value is -3.58. The SMILES string of the molecule is COc1ccc2nc(C)cc(NCCCCNCCCNc3cc(C)nc4ccc(OC)cc34)c2c1. The highest BCUT2D eigenvalue weighted by molar-refractivity contribution is 5.93. The van der Waals surface area contributed by atoms with Gasteiger partial charge in [0.05, 0.1) is 25.3 Å². The molecule has 0 unspecified atom stereocenters. The van der Waals surface area contributed by atoms with Gasteiger partial charge in [-0.2, -0.15) is 0 Å². The normalized spacial score (nSPS) is 11.1. The minimum atomic E-state index is 0.847. The lowest BCUT2D eigenvalue weighted by Crippen LogP contribution is -2.20. The summed E-state index contributed by atoms with van der Waals surface area (Å²) >= 11 is 0. The summed E-state index contributed by atoms with van der Waals surface area (Å²) in [6.45, 7) is 7.89. The van der Waals surface area contributed by atoms with Crippen LogP contribution in [0.25, 0.3) is 21.8 Å². The molecule has 0 aliphatic heterocycles. The molecule has 0 bridgehead atoms. The zero-order valence-electron chi connectivity index (χ0n) is 21.8. The van der Waals surface area contributed by atoms with Gasteiger partial charge in [0.2, 0.25) is 0 Å². The Morgan fingerprint density at radius 2 is 1.08 bits per heavy atom. The van der Waals surface area contributed by atoms with Crippen LogP contribution in [0.2, 0.25) is 0 Å². The molecule has 7 heteroatoms. The number of benzene rings is 2. The standard InChI is InChI=1S/C29H37N5O2/c1-20-16-28(24-18-22(35-3)8-10-26(24)33-20)31-14-6-5-12-30-13-7-15-32-29-17-21(2)34-27-11-9-23(36-4)19-25(27)29/h8-11,16-19,30H,5-7,12-15H2,1-4H3,(H,31,33)(H,32,34). The van der Waals surface area contributed by atoms with Gasteiger partial charge in [0, 0.05) is 46.6 Å². The van der Waals surface area contributed by atoms with Crippen molar-refractivity contribution in [1.29, 1.82) is 0 Å². The van der Waals surface area contributed by atoms with E-state index in [-0.39, 0.29) is 0 Å². The molecule has 7 nitrogen and oxygen atoms in total. The fourth-order valence-electron chi connectivity index (χ4n) is 4.38. The minimum Gasteiger partial charge on any atom is -0.497 e. The van der Waals surface area contributed by atoms with E-state index in [0.717, 1.165) is 102 Å². The molecule has 0 fully saturated rings. The first-order valence-electron chi connectivity index (χ1n) is 12.7. The second-order valence-corrected chi connectivity index (χ2v) is 9.05. The molecule has 4 aromatic rings. The number of nitrogens with one attached hydrogen (secondary N) is 3. The van der Waals surface area contributed by atoms with Gasteiger partial charge in [-0.3, -0.25) is 9.97 Å². The van der Waals surface area contributed by atoms with Gasteiger partial charge in [0.1, 0.15) is 11.5 Å². The molecule has 190 valence electrons. The molecule has 3 N–H and O–H groups in total. The Balaban J connectivity index is 1.16.